The van der Waals surface area contributed by atoms with Gasteiger partial charge in [-0.05, 0) is 31.9 Å². The summed E-state index contributed by atoms with van der Waals surface area (Å²) in [6.07, 6.45) is 5.06. The van der Waals surface area contributed by atoms with Gasteiger partial charge in [0, 0.05) is 31.3 Å². The Kier molecular flexibility index (Phi) is 6.56. The van der Waals surface area contributed by atoms with Crippen molar-refractivity contribution in [1.82, 2.24) is 5.32 Å². The van der Waals surface area contributed by atoms with E-state index < -0.39 is 0 Å². The molecule has 0 amide bonds. The number of hydrogen-bond acceptors (Lipinski definition) is 4. The Morgan fingerprint density at radius 1 is 1.16 bits per heavy atom. The van der Waals surface area contributed by atoms with E-state index in [9.17, 15) is 0 Å². The second kappa shape index (κ2) is 9.32. The van der Waals surface area contributed by atoms with E-state index in [-0.39, 0.29) is 0 Å². The highest BCUT2D eigenvalue weighted by atomic mass is 16.5. The Morgan fingerprint density at radius 3 is 2.84 bits per heavy atom. The van der Waals surface area contributed by atoms with E-state index in [1.165, 1.54) is 5.57 Å². The number of fused-ring (bicyclic) bond motifs is 1. The number of nitrogens with one attached hydrogen (secondary N) is 2. The van der Waals surface area contributed by atoms with E-state index in [0.717, 1.165) is 68.7 Å². The third kappa shape index (κ3) is 5.39. The number of rotatable bonds is 5. The molecule has 25 heavy (non-hydrogen) atoms. The first-order valence-electron chi connectivity index (χ1n) is 9.06. The summed E-state index contributed by atoms with van der Waals surface area (Å²) in [6.45, 7) is 6.57. The lowest BCUT2D eigenvalue weighted by Crippen LogP contribution is -2.30. The molecule has 6 nitrogen and oxygen atoms in total. The number of benzene rings is 1. The average Bonchev–Trinajstić information content (AvgIpc) is 2.88. The van der Waals surface area contributed by atoms with Crippen molar-refractivity contribution >= 4 is 11.6 Å². The zero-order valence-electron chi connectivity index (χ0n) is 14.8. The van der Waals surface area contributed by atoms with E-state index in [4.69, 9.17) is 14.2 Å². The van der Waals surface area contributed by atoms with Gasteiger partial charge in [0.25, 0.3) is 0 Å². The van der Waals surface area contributed by atoms with E-state index in [1.807, 2.05) is 18.2 Å². The van der Waals surface area contributed by atoms with Crippen molar-refractivity contribution < 1.29 is 14.2 Å². The lowest BCUT2D eigenvalue weighted by atomic mass is 10.1. The molecule has 0 unspecified atom stereocenters. The van der Waals surface area contributed by atoms with Crippen LogP contribution in [0.15, 0.2) is 34.8 Å². The third-order valence-electron chi connectivity index (χ3n) is 4.11. The fourth-order valence-corrected chi connectivity index (χ4v) is 2.79. The molecule has 0 fully saturated rings. The topological polar surface area (TPSA) is 64.1 Å². The van der Waals surface area contributed by atoms with Crippen molar-refractivity contribution in [3.8, 4) is 11.5 Å². The Labute approximate surface area is 149 Å². The van der Waals surface area contributed by atoms with Crippen molar-refractivity contribution in [2.24, 2.45) is 4.99 Å². The summed E-state index contributed by atoms with van der Waals surface area (Å²) >= 11 is 0. The van der Waals surface area contributed by atoms with Crippen molar-refractivity contribution in [2.45, 2.75) is 26.2 Å². The maximum atomic E-state index is 5.75. The summed E-state index contributed by atoms with van der Waals surface area (Å²) in [5.41, 5.74) is 2.37. The minimum Gasteiger partial charge on any atom is -0.490 e. The first-order valence-corrected chi connectivity index (χ1v) is 9.06. The Hall–Kier alpha value is -2.21. The van der Waals surface area contributed by atoms with Gasteiger partial charge in [-0.25, -0.2) is 0 Å². The number of nitrogens with zero attached hydrogens (tertiary/aromatic N) is 1. The molecule has 136 valence electrons. The molecule has 2 aliphatic rings. The van der Waals surface area contributed by atoms with Gasteiger partial charge in [-0.1, -0.05) is 11.6 Å². The van der Waals surface area contributed by atoms with Crippen LogP contribution in [0.25, 0.3) is 0 Å². The predicted octanol–water partition coefficient (Wildman–Crippen LogP) is 2.96. The largest absolute Gasteiger partial charge is 0.490 e. The monoisotopic (exact) mass is 345 g/mol. The van der Waals surface area contributed by atoms with Crippen LogP contribution in [-0.4, -0.2) is 45.5 Å². The van der Waals surface area contributed by atoms with E-state index in [0.29, 0.717) is 13.2 Å². The summed E-state index contributed by atoms with van der Waals surface area (Å²) < 4.78 is 16.8. The van der Waals surface area contributed by atoms with Gasteiger partial charge in [-0.3, -0.25) is 4.99 Å². The molecule has 0 saturated carbocycles. The number of ether oxygens (including phenoxy) is 3. The minimum atomic E-state index is 0.684. The van der Waals surface area contributed by atoms with Crippen LogP contribution in [-0.2, 0) is 4.74 Å². The number of hydrogen-bond donors (Lipinski definition) is 2. The predicted molar refractivity (Wildman–Crippen MR) is 99.8 cm³/mol. The highest BCUT2D eigenvalue weighted by Gasteiger charge is 2.11. The second-order valence-electron chi connectivity index (χ2n) is 6.03. The van der Waals surface area contributed by atoms with Crippen molar-refractivity contribution in [1.29, 1.82) is 0 Å². The number of aliphatic imine (C=N–C) groups is 1. The third-order valence-corrected chi connectivity index (χ3v) is 4.11. The Bertz CT molecular complexity index is 628. The normalized spacial score (nSPS) is 17.5. The van der Waals surface area contributed by atoms with Crippen LogP contribution in [0.3, 0.4) is 0 Å². The molecule has 0 radical (unpaired) electrons. The van der Waals surface area contributed by atoms with Crippen LogP contribution in [0.5, 0.6) is 11.5 Å². The van der Waals surface area contributed by atoms with Crippen molar-refractivity contribution in [3.63, 3.8) is 0 Å². The quantitative estimate of drug-likeness (QED) is 0.488. The molecule has 2 N–H and O–H groups in total. The van der Waals surface area contributed by atoms with Crippen LogP contribution in [0.4, 0.5) is 5.69 Å². The summed E-state index contributed by atoms with van der Waals surface area (Å²) in [7, 11) is 0. The van der Waals surface area contributed by atoms with E-state index in [1.54, 1.807) is 0 Å². The van der Waals surface area contributed by atoms with Crippen LogP contribution < -0.4 is 20.1 Å². The van der Waals surface area contributed by atoms with Crippen molar-refractivity contribution in [3.05, 3.63) is 29.8 Å². The van der Waals surface area contributed by atoms with E-state index in [2.05, 4.69) is 28.6 Å². The second-order valence-corrected chi connectivity index (χ2v) is 6.03. The summed E-state index contributed by atoms with van der Waals surface area (Å²) in [5.74, 6) is 2.37. The summed E-state index contributed by atoms with van der Waals surface area (Å²) in [6, 6.07) is 5.90. The molecule has 2 aliphatic heterocycles. The Morgan fingerprint density at radius 2 is 2.04 bits per heavy atom. The van der Waals surface area contributed by atoms with Gasteiger partial charge in [-0.15, -0.1) is 0 Å². The van der Waals surface area contributed by atoms with Crippen molar-refractivity contribution in [2.75, 3.05) is 44.8 Å². The van der Waals surface area contributed by atoms with Gasteiger partial charge in [0.15, 0.2) is 17.5 Å². The highest BCUT2D eigenvalue weighted by Crippen LogP contribution is 2.32. The molecule has 2 heterocycles. The molecule has 6 heteroatoms. The Balaban J connectivity index is 1.61. The zero-order valence-corrected chi connectivity index (χ0v) is 14.8. The summed E-state index contributed by atoms with van der Waals surface area (Å²) in [4.78, 5) is 4.67. The van der Waals surface area contributed by atoms with Gasteiger partial charge in [0.2, 0.25) is 0 Å². The molecule has 0 aliphatic carbocycles. The molecular formula is C19H27N3O3. The summed E-state index contributed by atoms with van der Waals surface area (Å²) in [5, 5.41) is 6.63. The fraction of sp³-hybridized carbons (Fsp3) is 0.526. The molecule has 1 aromatic rings. The van der Waals surface area contributed by atoms with Gasteiger partial charge >= 0.3 is 0 Å². The molecular weight excluding hydrogens is 318 g/mol. The smallest absolute Gasteiger partial charge is 0.195 e. The standard InChI is InChI=1S/C19H27N3O3/c1-2-20-19(21-9-6-15-7-12-23-13-8-15)22-16-4-5-17-18(14-16)25-11-3-10-24-17/h4-5,7,14H,2-3,6,8-13H2,1H3,(H2,20,21,22). The molecule has 3 rings (SSSR count). The van der Waals surface area contributed by atoms with Gasteiger partial charge in [0.05, 0.1) is 26.4 Å². The first kappa shape index (κ1) is 17.6. The molecule has 0 spiro atoms. The van der Waals surface area contributed by atoms with Crippen LogP contribution in [0.1, 0.15) is 26.2 Å². The maximum absolute atomic E-state index is 5.75. The number of anilines is 1. The molecule has 0 bridgehead atoms. The lowest BCUT2D eigenvalue weighted by Gasteiger charge is -2.15. The van der Waals surface area contributed by atoms with E-state index >= 15 is 0 Å². The molecule has 0 atom stereocenters. The van der Waals surface area contributed by atoms with Crippen LogP contribution in [0, 0.1) is 0 Å². The molecule has 1 aromatic carbocycles. The van der Waals surface area contributed by atoms with Gasteiger partial charge in [-0.2, -0.15) is 0 Å². The molecule has 0 aromatic heterocycles. The highest BCUT2D eigenvalue weighted by molar-refractivity contribution is 5.93. The zero-order chi connectivity index (χ0) is 17.3. The SMILES string of the molecule is CCNC(=NCCC1=CCOCC1)Nc1ccc2c(c1)OCCCO2. The maximum Gasteiger partial charge on any atom is 0.195 e. The molecule has 0 saturated heterocycles. The van der Waals surface area contributed by atoms with Crippen LogP contribution >= 0.6 is 0 Å². The van der Waals surface area contributed by atoms with Gasteiger partial charge in [0.1, 0.15) is 0 Å². The average molecular weight is 345 g/mol. The van der Waals surface area contributed by atoms with Gasteiger partial charge < -0.3 is 24.8 Å². The minimum absolute atomic E-state index is 0.684. The lowest BCUT2D eigenvalue weighted by molar-refractivity contribution is 0.153. The number of guanidine groups is 1. The van der Waals surface area contributed by atoms with Crippen LogP contribution in [0.2, 0.25) is 0 Å². The first-order chi connectivity index (χ1) is 12.3. The fourth-order valence-electron chi connectivity index (χ4n) is 2.79.